The molecule has 5 nitrogen and oxygen atoms in total. The third-order valence-corrected chi connectivity index (χ3v) is 3.90. The lowest BCUT2D eigenvalue weighted by Crippen LogP contribution is -2.17. The molecule has 0 aliphatic rings. The van der Waals surface area contributed by atoms with Gasteiger partial charge in [-0.05, 0) is 37.1 Å². The standard InChI is InChI=1S/C19H21N3O2/c1-4-7-15-18(22-12-13(2)10-11-17(22)20-15)19(23)21-14-8-5-6-9-16(14)24-3/h5-6,8-12H,4,7H2,1-3H3,(H,21,23). The van der Waals surface area contributed by atoms with E-state index in [9.17, 15) is 4.79 Å². The Labute approximate surface area is 141 Å². The van der Waals surface area contributed by atoms with E-state index in [0.29, 0.717) is 17.1 Å². The first kappa shape index (κ1) is 16.1. The monoisotopic (exact) mass is 323 g/mol. The second kappa shape index (κ2) is 6.74. The molecule has 124 valence electrons. The van der Waals surface area contributed by atoms with Gasteiger partial charge in [-0.3, -0.25) is 9.20 Å². The zero-order valence-electron chi connectivity index (χ0n) is 14.2. The van der Waals surface area contributed by atoms with Gasteiger partial charge in [-0.15, -0.1) is 0 Å². The molecule has 0 spiro atoms. The fourth-order valence-electron chi connectivity index (χ4n) is 2.78. The highest BCUT2D eigenvalue weighted by Gasteiger charge is 2.20. The summed E-state index contributed by atoms with van der Waals surface area (Å²) in [6.45, 7) is 4.08. The number of aromatic nitrogens is 2. The van der Waals surface area contributed by atoms with Crippen LogP contribution in [0.15, 0.2) is 42.6 Å². The van der Waals surface area contributed by atoms with E-state index in [1.165, 1.54) is 0 Å². The summed E-state index contributed by atoms with van der Waals surface area (Å²) in [7, 11) is 1.59. The molecule has 2 heterocycles. The number of methoxy groups -OCH3 is 1. The molecule has 0 atom stereocenters. The van der Waals surface area contributed by atoms with E-state index in [1.807, 2.05) is 53.9 Å². The van der Waals surface area contributed by atoms with Crippen LogP contribution in [0.1, 0.15) is 35.1 Å². The van der Waals surface area contributed by atoms with Crippen molar-refractivity contribution >= 4 is 17.2 Å². The summed E-state index contributed by atoms with van der Waals surface area (Å²) in [5.41, 5.74) is 3.91. The van der Waals surface area contributed by atoms with E-state index >= 15 is 0 Å². The van der Waals surface area contributed by atoms with Gasteiger partial charge in [-0.1, -0.05) is 31.5 Å². The summed E-state index contributed by atoms with van der Waals surface area (Å²) < 4.78 is 7.18. The first-order chi connectivity index (χ1) is 11.6. The van der Waals surface area contributed by atoms with E-state index in [2.05, 4.69) is 17.2 Å². The third kappa shape index (κ3) is 2.97. The molecular formula is C19H21N3O2. The highest BCUT2D eigenvalue weighted by molar-refractivity contribution is 6.05. The lowest BCUT2D eigenvalue weighted by molar-refractivity contribution is 0.102. The second-order valence-corrected chi connectivity index (χ2v) is 5.75. The van der Waals surface area contributed by atoms with Gasteiger partial charge in [0.2, 0.25) is 0 Å². The maximum atomic E-state index is 12.9. The third-order valence-electron chi connectivity index (χ3n) is 3.90. The first-order valence-corrected chi connectivity index (χ1v) is 8.06. The molecule has 3 rings (SSSR count). The maximum absolute atomic E-state index is 12.9. The van der Waals surface area contributed by atoms with Crippen LogP contribution in [-0.4, -0.2) is 22.4 Å². The Bertz CT molecular complexity index is 883. The lowest BCUT2D eigenvalue weighted by atomic mass is 10.2. The molecule has 5 heteroatoms. The summed E-state index contributed by atoms with van der Waals surface area (Å²) in [5.74, 6) is 0.453. The topological polar surface area (TPSA) is 55.6 Å². The van der Waals surface area contributed by atoms with Gasteiger partial charge in [-0.2, -0.15) is 0 Å². The number of hydrogen-bond donors (Lipinski definition) is 1. The Kier molecular flexibility index (Phi) is 4.51. The fourth-order valence-corrected chi connectivity index (χ4v) is 2.78. The smallest absolute Gasteiger partial charge is 0.274 e. The number of fused-ring (bicyclic) bond motifs is 1. The number of benzene rings is 1. The van der Waals surface area contributed by atoms with E-state index in [4.69, 9.17) is 4.74 Å². The molecule has 0 unspecified atom stereocenters. The number of hydrogen-bond acceptors (Lipinski definition) is 3. The zero-order chi connectivity index (χ0) is 17.1. The minimum absolute atomic E-state index is 0.180. The fraction of sp³-hybridized carbons (Fsp3) is 0.263. The molecular weight excluding hydrogens is 302 g/mol. The predicted molar refractivity (Wildman–Crippen MR) is 94.9 cm³/mol. The average Bonchev–Trinajstić information content (AvgIpc) is 2.93. The van der Waals surface area contributed by atoms with Crippen LogP contribution >= 0.6 is 0 Å². The largest absolute Gasteiger partial charge is 0.495 e. The number of aryl methyl sites for hydroxylation is 2. The Hall–Kier alpha value is -2.82. The Balaban J connectivity index is 2.05. The van der Waals surface area contributed by atoms with Crippen LogP contribution in [0.5, 0.6) is 5.75 Å². The molecule has 24 heavy (non-hydrogen) atoms. The SMILES string of the molecule is CCCc1nc2ccc(C)cn2c1C(=O)Nc1ccccc1OC. The van der Waals surface area contributed by atoms with Crippen molar-refractivity contribution in [1.82, 2.24) is 9.38 Å². The Morgan fingerprint density at radius 2 is 2.04 bits per heavy atom. The second-order valence-electron chi connectivity index (χ2n) is 5.75. The van der Waals surface area contributed by atoms with Crippen LogP contribution < -0.4 is 10.1 Å². The first-order valence-electron chi connectivity index (χ1n) is 8.06. The summed E-state index contributed by atoms with van der Waals surface area (Å²) in [6, 6.07) is 11.3. The van der Waals surface area contributed by atoms with Crippen molar-refractivity contribution in [3.8, 4) is 5.75 Å². The number of rotatable bonds is 5. The Morgan fingerprint density at radius 1 is 1.25 bits per heavy atom. The van der Waals surface area contributed by atoms with Crippen molar-refractivity contribution in [2.75, 3.05) is 12.4 Å². The zero-order valence-corrected chi connectivity index (χ0v) is 14.2. The van der Waals surface area contributed by atoms with E-state index in [0.717, 1.165) is 29.7 Å². The quantitative estimate of drug-likeness (QED) is 0.776. The van der Waals surface area contributed by atoms with Crippen LogP contribution in [0.25, 0.3) is 5.65 Å². The number of nitrogens with one attached hydrogen (secondary N) is 1. The van der Waals surface area contributed by atoms with Crippen molar-refractivity contribution in [2.24, 2.45) is 0 Å². The van der Waals surface area contributed by atoms with E-state index < -0.39 is 0 Å². The molecule has 0 saturated heterocycles. The molecule has 0 fully saturated rings. The average molecular weight is 323 g/mol. The van der Waals surface area contributed by atoms with Crippen molar-refractivity contribution in [1.29, 1.82) is 0 Å². The number of nitrogens with zero attached hydrogens (tertiary/aromatic N) is 2. The van der Waals surface area contributed by atoms with Gasteiger partial charge in [0, 0.05) is 6.20 Å². The number of carbonyl (C=O) groups excluding carboxylic acids is 1. The predicted octanol–water partition coefficient (Wildman–Crippen LogP) is 3.86. The van der Waals surface area contributed by atoms with Gasteiger partial charge in [0.1, 0.15) is 17.1 Å². The number of para-hydroxylation sites is 2. The number of amides is 1. The van der Waals surface area contributed by atoms with Crippen LogP contribution in [0.4, 0.5) is 5.69 Å². The van der Waals surface area contributed by atoms with Crippen molar-refractivity contribution in [3.63, 3.8) is 0 Å². The van der Waals surface area contributed by atoms with Crippen LogP contribution in [-0.2, 0) is 6.42 Å². The number of pyridine rings is 1. The number of anilines is 1. The number of ether oxygens (including phenoxy) is 1. The molecule has 0 aliphatic heterocycles. The molecule has 3 aromatic rings. The maximum Gasteiger partial charge on any atom is 0.274 e. The minimum Gasteiger partial charge on any atom is -0.495 e. The van der Waals surface area contributed by atoms with E-state index in [-0.39, 0.29) is 5.91 Å². The van der Waals surface area contributed by atoms with E-state index in [1.54, 1.807) is 7.11 Å². The molecule has 1 amide bonds. The van der Waals surface area contributed by atoms with Gasteiger partial charge < -0.3 is 10.1 Å². The van der Waals surface area contributed by atoms with Crippen LogP contribution in [0, 0.1) is 6.92 Å². The summed E-state index contributed by atoms with van der Waals surface area (Å²) in [6.07, 6.45) is 3.63. The van der Waals surface area contributed by atoms with Crippen molar-refractivity contribution in [2.45, 2.75) is 26.7 Å². The van der Waals surface area contributed by atoms with Gasteiger partial charge in [0.25, 0.3) is 5.91 Å². The normalized spacial score (nSPS) is 10.8. The highest BCUT2D eigenvalue weighted by atomic mass is 16.5. The molecule has 0 radical (unpaired) electrons. The Morgan fingerprint density at radius 3 is 2.79 bits per heavy atom. The molecule has 2 aromatic heterocycles. The number of carbonyl (C=O) groups is 1. The molecule has 1 aromatic carbocycles. The van der Waals surface area contributed by atoms with Crippen LogP contribution in [0.2, 0.25) is 0 Å². The van der Waals surface area contributed by atoms with Gasteiger partial charge in [-0.25, -0.2) is 4.98 Å². The van der Waals surface area contributed by atoms with Gasteiger partial charge >= 0.3 is 0 Å². The van der Waals surface area contributed by atoms with Crippen molar-refractivity contribution < 1.29 is 9.53 Å². The molecule has 0 bridgehead atoms. The number of imidazole rings is 1. The minimum atomic E-state index is -0.180. The van der Waals surface area contributed by atoms with Gasteiger partial charge in [0.15, 0.2) is 0 Å². The molecule has 0 aliphatic carbocycles. The van der Waals surface area contributed by atoms with Crippen LogP contribution in [0.3, 0.4) is 0 Å². The van der Waals surface area contributed by atoms with Crippen molar-refractivity contribution in [3.05, 3.63) is 59.5 Å². The highest BCUT2D eigenvalue weighted by Crippen LogP contribution is 2.25. The summed E-state index contributed by atoms with van der Waals surface area (Å²) in [4.78, 5) is 17.6. The van der Waals surface area contributed by atoms with Gasteiger partial charge in [0.05, 0.1) is 18.5 Å². The molecule has 1 N–H and O–H groups in total. The summed E-state index contributed by atoms with van der Waals surface area (Å²) in [5, 5.41) is 2.95. The lowest BCUT2D eigenvalue weighted by Gasteiger charge is -2.10. The summed E-state index contributed by atoms with van der Waals surface area (Å²) >= 11 is 0. The molecule has 0 saturated carbocycles.